The molecular weight excluding hydrogens is 234 g/mol. The molecular formula is C12H17N3OS. The van der Waals surface area contributed by atoms with E-state index >= 15 is 0 Å². The third-order valence-electron chi connectivity index (χ3n) is 2.45. The Morgan fingerprint density at radius 2 is 2.24 bits per heavy atom. The molecule has 2 aromatic rings. The molecule has 0 spiro atoms. The van der Waals surface area contributed by atoms with Crippen LogP contribution in [0.4, 0.5) is 0 Å². The zero-order valence-electron chi connectivity index (χ0n) is 10.4. The van der Waals surface area contributed by atoms with Crippen LogP contribution in [0.25, 0.3) is 10.6 Å². The second kappa shape index (κ2) is 5.42. The minimum atomic E-state index is 0.784. The van der Waals surface area contributed by atoms with Gasteiger partial charge in [-0.05, 0) is 20.4 Å². The Bertz CT molecular complexity index is 490. The summed E-state index contributed by atoms with van der Waals surface area (Å²) in [6, 6.07) is 0. The van der Waals surface area contributed by atoms with Crippen LogP contribution in [0.5, 0.6) is 0 Å². The number of nitrogens with zero attached hydrogens (tertiary/aromatic N) is 2. The van der Waals surface area contributed by atoms with Crippen molar-refractivity contribution in [3.8, 4) is 10.6 Å². The van der Waals surface area contributed by atoms with Gasteiger partial charge in [0.2, 0.25) is 0 Å². The second-order valence-corrected chi connectivity index (χ2v) is 5.07. The lowest BCUT2D eigenvalue weighted by atomic mass is 10.3. The van der Waals surface area contributed by atoms with Crippen molar-refractivity contribution < 1.29 is 4.42 Å². The monoisotopic (exact) mass is 251 g/mol. The Labute approximate surface area is 105 Å². The Morgan fingerprint density at radius 3 is 2.88 bits per heavy atom. The van der Waals surface area contributed by atoms with Crippen LogP contribution in [0.15, 0.2) is 10.6 Å². The number of rotatable bonds is 5. The van der Waals surface area contributed by atoms with Gasteiger partial charge in [-0.25, -0.2) is 9.97 Å². The summed E-state index contributed by atoms with van der Waals surface area (Å²) in [6.45, 7) is 7.96. The number of thiazole rings is 1. The number of aromatic nitrogens is 2. The smallest absolute Gasteiger partial charge is 0.196 e. The van der Waals surface area contributed by atoms with E-state index in [1.54, 1.807) is 17.5 Å². The van der Waals surface area contributed by atoms with E-state index in [4.69, 9.17) is 4.42 Å². The normalized spacial score (nSPS) is 11.0. The lowest BCUT2D eigenvalue weighted by molar-refractivity contribution is 0.497. The Balaban J connectivity index is 2.10. The van der Waals surface area contributed by atoms with Crippen molar-refractivity contribution in [1.82, 2.24) is 15.3 Å². The van der Waals surface area contributed by atoms with Gasteiger partial charge in [-0.2, -0.15) is 0 Å². The summed E-state index contributed by atoms with van der Waals surface area (Å²) in [7, 11) is 0. The predicted octanol–water partition coefficient (Wildman–Crippen LogP) is 2.57. The lowest BCUT2D eigenvalue weighted by Gasteiger charge is -1.96. The number of hydrogen-bond acceptors (Lipinski definition) is 5. The maximum Gasteiger partial charge on any atom is 0.196 e. The molecule has 0 amide bonds. The summed E-state index contributed by atoms with van der Waals surface area (Å²) in [5.74, 6) is 1.62. The zero-order chi connectivity index (χ0) is 12.3. The van der Waals surface area contributed by atoms with Crippen molar-refractivity contribution in [2.45, 2.75) is 27.2 Å². The average Bonchev–Trinajstić information content (AvgIpc) is 2.86. The van der Waals surface area contributed by atoms with Crippen molar-refractivity contribution in [1.29, 1.82) is 0 Å². The minimum absolute atomic E-state index is 0.784. The molecule has 0 radical (unpaired) electrons. The maximum absolute atomic E-state index is 5.73. The molecule has 5 heteroatoms. The third kappa shape index (κ3) is 2.92. The van der Waals surface area contributed by atoms with Gasteiger partial charge in [0.1, 0.15) is 0 Å². The van der Waals surface area contributed by atoms with Crippen LogP contribution >= 0.6 is 11.3 Å². The number of likely N-dealkylation sites (N-methyl/N-ethyl adjacent to an activating group) is 1. The van der Waals surface area contributed by atoms with Crippen molar-refractivity contribution >= 4 is 11.3 Å². The number of oxazole rings is 1. The molecule has 2 heterocycles. The van der Waals surface area contributed by atoms with E-state index in [9.17, 15) is 0 Å². The van der Waals surface area contributed by atoms with E-state index in [-0.39, 0.29) is 0 Å². The van der Waals surface area contributed by atoms with Crippen LogP contribution in [0.2, 0.25) is 0 Å². The molecule has 1 N–H and O–H groups in total. The maximum atomic E-state index is 5.73. The molecule has 0 fully saturated rings. The number of hydrogen-bond donors (Lipinski definition) is 1. The molecule has 0 aliphatic rings. The van der Waals surface area contributed by atoms with E-state index in [0.29, 0.717) is 0 Å². The Hall–Kier alpha value is -1.20. The van der Waals surface area contributed by atoms with Gasteiger partial charge >= 0.3 is 0 Å². The Morgan fingerprint density at radius 1 is 1.41 bits per heavy atom. The third-order valence-corrected chi connectivity index (χ3v) is 3.53. The van der Waals surface area contributed by atoms with Gasteiger partial charge in [0.05, 0.1) is 21.8 Å². The quantitative estimate of drug-likeness (QED) is 0.830. The minimum Gasteiger partial charge on any atom is -0.440 e. The van der Waals surface area contributed by atoms with E-state index in [1.807, 2.05) is 13.8 Å². The van der Waals surface area contributed by atoms with E-state index in [0.717, 1.165) is 46.7 Å². The molecule has 0 bridgehead atoms. The van der Waals surface area contributed by atoms with Gasteiger partial charge in [-0.3, -0.25) is 0 Å². The first kappa shape index (κ1) is 12.3. The van der Waals surface area contributed by atoms with Gasteiger partial charge < -0.3 is 9.73 Å². The second-order valence-electron chi connectivity index (χ2n) is 3.87. The van der Waals surface area contributed by atoms with E-state index in [1.165, 1.54) is 0 Å². The van der Waals surface area contributed by atoms with Gasteiger partial charge in [0.25, 0.3) is 0 Å². The molecule has 2 aromatic heterocycles. The van der Waals surface area contributed by atoms with Gasteiger partial charge in [-0.15, -0.1) is 11.3 Å². The fourth-order valence-corrected chi connectivity index (χ4v) is 2.53. The molecule has 0 aliphatic carbocycles. The molecule has 0 unspecified atom stereocenters. The summed E-state index contributed by atoms with van der Waals surface area (Å²) in [4.78, 5) is 9.77. The topological polar surface area (TPSA) is 51.0 Å². The highest BCUT2D eigenvalue weighted by Gasteiger charge is 2.12. The highest BCUT2D eigenvalue weighted by atomic mass is 32.1. The molecule has 0 saturated carbocycles. The van der Waals surface area contributed by atoms with Gasteiger partial charge in [0, 0.05) is 13.0 Å². The van der Waals surface area contributed by atoms with Crippen LogP contribution in [-0.2, 0) is 6.42 Å². The molecule has 2 rings (SSSR count). The van der Waals surface area contributed by atoms with Gasteiger partial charge in [-0.1, -0.05) is 6.92 Å². The van der Waals surface area contributed by atoms with Crippen LogP contribution in [0.1, 0.15) is 23.5 Å². The first-order valence-electron chi connectivity index (χ1n) is 5.80. The molecule has 17 heavy (non-hydrogen) atoms. The summed E-state index contributed by atoms with van der Waals surface area (Å²) >= 11 is 1.65. The number of aryl methyl sites for hydroxylation is 2. The fraction of sp³-hybridized carbons (Fsp3) is 0.500. The van der Waals surface area contributed by atoms with Crippen LogP contribution in [0, 0.1) is 13.8 Å². The molecule has 0 aromatic carbocycles. The van der Waals surface area contributed by atoms with E-state index < -0.39 is 0 Å². The SMILES string of the molecule is CCNCCc1ncc(-c2sc(C)nc2C)o1. The van der Waals surface area contributed by atoms with Gasteiger partial charge in [0.15, 0.2) is 11.7 Å². The molecule has 0 aliphatic heterocycles. The highest BCUT2D eigenvalue weighted by molar-refractivity contribution is 7.15. The molecule has 92 valence electrons. The molecule has 4 nitrogen and oxygen atoms in total. The predicted molar refractivity (Wildman–Crippen MR) is 69.3 cm³/mol. The lowest BCUT2D eigenvalue weighted by Crippen LogP contribution is -2.16. The number of nitrogens with one attached hydrogen (secondary N) is 1. The highest BCUT2D eigenvalue weighted by Crippen LogP contribution is 2.30. The molecule has 0 atom stereocenters. The Kier molecular flexibility index (Phi) is 3.91. The van der Waals surface area contributed by atoms with Crippen LogP contribution in [-0.4, -0.2) is 23.1 Å². The largest absolute Gasteiger partial charge is 0.440 e. The van der Waals surface area contributed by atoms with Crippen molar-refractivity contribution in [2.75, 3.05) is 13.1 Å². The average molecular weight is 251 g/mol. The zero-order valence-corrected chi connectivity index (χ0v) is 11.2. The first-order chi connectivity index (χ1) is 8.20. The van der Waals surface area contributed by atoms with E-state index in [2.05, 4.69) is 22.2 Å². The fourth-order valence-electron chi connectivity index (χ4n) is 1.66. The van der Waals surface area contributed by atoms with Crippen molar-refractivity contribution in [3.05, 3.63) is 22.8 Å². The molecule has 0 saturated heterocycles. The van der Waals surface area contributed by atoms with Crippen LogP contribution in [0.3, 0.4) is 0 Å². The summed E-state index contributed by atoms with van der Waals surface area (Å²) in [6.07, 6.45) is 2.62. The standard InChI is InChI=1S/C12H17N3OS/c1-4-13-6-5-11-14-7-10(16-11)12-8(2)15-9(3)17-12/h7,13H,4-6H2,1-3H3. The van der Waals surface area contributed by atoms with Crippen LogP contribution < -0.4 is 5.32 Å². The summed E-state index contributed by atoms with van der Waals surface area (Å²) in [5, 5.41) is 4.31. The first-order valence-corrected chi connectivity index (χ1v) is 6.62. The van der Waals surface area contributed by atoms with Crippen molar-refractivity contribution in [2.24, 2.45) is 0 Å². The summed E-state index contributed by atoms with van der Waals surface area (Å²) in [5.41, 5.74) is 1.02. The summed E-state index contributed by atoms with van der Waals surface area (Å²) < 4.78 is 5.73. The van der Waals surface area contributed by atoms with Crippen molar-refractivity contribution in [3.63, 3.8) is 0 Å².